The third kappa shape index (κ3) is 4.08. The van der Waals surface area contributed by atoms with E-state index in [0.29, 0.717) is 10.8 Å². The van der Waals surface area contributed by atoms with Crippen LogP contribution in [-0.4, -0.2) is 24.5 Å². The van der Waals surface area contributed by atoms with Gasteiger partial charge in [0.2, 0.25) is 0 Å². The molecule has 1 heteroatoms. The second kappa shape index (κ2) is 5.08. The average molecular weight is 225 g/mol. The van der Waals surface area contributed by atoms with E-state index in [4.69, 9.17) is 0 Å². The summed E-state index contributed by atoms with van der Waals surface area (Å²) in [6.07, 6.45) is 4.24. The monoisotopic (exact) mass is 225 g/mol. The second-order valence-electron chi connectivity index (χ2n) is 7.65. The smallest absolute Gasteiger partial charge is 0.00197 e. The van der Waals surface area contributed by atoms with E-state index in [1.165, 1.54) is 38.9 Å². The van der Waals surface area contributed by atoms with E-state index in [2.05, 4.69) is 46.4 Å². The summed E-state index contributed by atoms with van der Waals surface area (Å²) >= 11 is 0. The highest BCUT2D eigenvalue weighted by atomic mass is 15.1. The van der Waals surface area contributed by atoms with Crippen molar-refractivity contribution in [2.75, 3.05) is 19.6 Å². The van der Waals surface area contributed by atoms with Crippen molar-refractivity contribution in [1.82, 2.24) is 4.90 Å². The molecule has 1 aliphatic heterocycles. The first-order valence-corrected chi connectivity index (χ1v) is 6.93. The van der Waals surface area contributed by atoms with Crippen LogP contribution in [0, 0.1) is 16.7 Å². The van der Waals surface area contributed by atoms with Crippen LogP contribution in [0.3, 0.4) is 0 Å². The molecule has 0 aromatic carbocycles. The lowest BCUT2D eigenvalue weighted by atomic mass is 9.66. The Kier molecular flexibility index (Phi) is 4.45. The topological polar surface area (TPSA) is 3.24 Å². The largest absolute Gasteiger partial charge is 0.303 e. The molecule has 0 bridgehead atoms. The molecule has 0 radical (unpaired) electrons. The van der Waals surface area contributed by atoms with Gasteiger partial charge in [0.1, 0.15) is 0 Å². The van der Waals surface area contributed by atoms with Gasteiger partial charge < -0.3 is 4.90 Å². The van der Waals surface area contributed by atoms with Gasteiger partial charge in [0.25, 0.3) is 0 Å². The van der Waals surface area contributed by atoms with Gasteiger partial charge in [-0.15, -0.1) is 0 Å². The Balaban J connectivity index is 2.63. The van der Waals surface area contributed by atoms with Crippen LogP contribution in [0.5, 0.6) is 0 Å². The van der Waals surface area contributed by atoms with E-state index >= 15 is 0 Å². The van der Waals surface area contributed by atoms with Crippen molar-refractivity contribution in [3.63, 3.8) is 0 Å². The van der Waals surface area contributed by atoms with E-state index in [0.717, 1.165) is 5.92 Å². The first-order chi connectivity index (χ1) is 7.21. The molecule has 96 valence electrons. The molecule has 0 spiro atoms. The zero-order chi connectivity index (χ0) is 12.4. The quantitative estimate of drug-likeness (QED) is 0.681. The fourth-order valence-corrected chi connectivity index (χ4v) is 3.25. The van der Waals surface area contributed by atoms with Crippen molar-refractivity contribution in [3.8, 4) is 0 Å². The molecule has 0 aliphatic carbocycles. The summed E-state index contributed by atoms with van der Waals surface area (Å²) in [4.78, 5) is 2.69. The third-order valence-corrected chi connectivity index (χ3v) is 3.98. The first-order valence-electron chi connectivity index (χ1n) is 6.93. The molecule has 0 N–H and O–H groups in total. The summed E-state index contributed by atoms with van der Waals surface area (Å²) in [6, 6.07) is 0. The summed E-state index contributed by atoms with van der Waals surface area (Å²) < 4.78 is 0. The maximum absolute atomic E-state index is 2.69. The molecular formula is C15H31N. The first kappa shape index (κ1) is 14.0. The summed E-state index contributed by atoms with van der Waals surface area (Å²) in [5, 5.41) is 0. The minimum Gasteiger partial charge on any atom is -0.303 e. The van der Waals surface area contributed by atoms with Crippen LogP contribution < -0.4 is 0 Å². The summed E-state index contributed by atoms with van der Waals surface area (Å²) in [5.41, 5.74) is 0.825. The fraction of sp³-hybridized carbons (Fsp3) is 1.00. The molecule has 0 amide bonds. The van der Waals surface area contributed by atoms with Crippen LogP contribution in [-0.2, 0) is 0 Å². The standard InChI is InChI=1S/C15H31N/c1-14(2,3)13(15(4,5)6)12-16-10-8-7-9-11-16/h13H,7-12H2,1-6H3. The number of rotatable bonds is 2. The average Bonchev–Trinajstić information content (AvgIpc) is 2.12. The Bertz CT molecular complexity index is 186. The number of nitrogens with zero attached hydrogens (tertiary/aromatic N) is 1. The lowest BCUT2D eigenvalue weighted by molar-refractivity contribution is 0.0502. The van der Waals surface area contributed by atoms with E-state index in [1.807, 2.05) is 0 Å². The van der Waals surface area contributed by atoms with Gasteiger partial charge in [-0.25, -0.2) is 0 Å². The zero-order valence-corrected chi connectivity index (χ0v) is 12.3. The third-order valence-electron chi connectivity index (χ3n) is 3.98. The van der Waals surface area contributed by atoms with Crippen LogP contribution in [0.2, 0.25) is 0 Å². The van der Waals surface area contributed by atoms with Gasteiger partial charge in [0, 0.05) is 6.54 Å². The van der Waals surface area contributed by atoms with Gasteiger partial charge in [-0.1, -0.05) is 48.0 Å². The van der Waals surface area contributed by atoms with Crippen LogP contribution >= 0.6 is 0 Å². The van der Waals surface area contributed by atoms with E-state index in [-0.39, 0.29) is 0 Å². The van der Waals surface area contributed by atoms with Crippen molar-refractivity contribution in [3.05, 3.63) is 0 Å². The van der Waals surface area contributed by atoms with Gasteiger partial charge in [-0.05, 0) is 42.7 Å². The van der Waals surface area contributed by atoms with E-state index in [9.17, 15) is 0 Å². The molecule has 1 heterocycles. The molecule has 1 saturated heterocycles. The lowest BCUT2D eigenvalue weighted by Crippen LogP contribution is -2.44. The van der Waals surface area contributed by atoms with Gasteiger partial charge in [0.05, 0.1) is 0 Å². The maximum Gasteiger partial charge on any atom is 0.00197 e. The molecule has 1 nitrogen and oxygen atoms in total. The molecule has 0 aromatic heterocycles. The van der Waals surface area contributed by atoms with Crippen molar-refractivity contribution >= 4 is 0 Å². The minimum absolute atomic E-state index is 0.412. The van der Waals surface area contributed by atoms with Crippen molar-refractivity contribution < 1.29 is 0 Å². The molecule has 1 aliphatic rings. The van der Waals surface area contributed by atoms with Gasteiger partial charge in [-0.3, -0.25) is 0 Å². The predicted octanol–water partition coefficient (Wildman–Crippen LogP) is 4.18. The fourth-order valence-electron chi connectivity index (χ4n) is 3.25. The number of hydrogen-bond donors (Lipinski definition) is 0. The molecule has 0 atom stereocenters. The van der Waals surface area contributed by atoms with Crippen LogP contribution in [0.15, 0.2) is 0 Å². The predicted molar refractivity (Wildman–Crippen MR) is 72.7 cm³/mol. The van der Waals surface area contributed by atoms with Crippen molar-refractivity contribution in [2.45, 2.75) is 60.8 Å². The number of piperidine rings is 1. The van der Waals surface area contributed by atoms with Crippen molar-refractivity contribution in [2.24, 2.45) is 16.7 Å². The van der Waals surface area contributed by atoms with Crippen LogP contribution in [0.4, 0.5) is 0 Å². The highest BCUT2D eigenvalue weighted by Gasteiger charge is 2.35. The zero-order valence-electron chi connectivity index (χ0n) is 12.3. The Morgan fingerprint density at radius 3 is 1.62 bits per heavy atom. The molecule has 0 aromatic rings. The van der Waals surface area contributed by atoms with Crippen molar-refractivity contribution in [1.29, 1.82) is 0 Å². The number of likely N-dealkylation sites (tertiary alicyclic amines) is 1. The molecule has 16 heavy (non-hydrogen) atoms. The molecule has 0 unspecified atom stereocenters. The highest BCUT2D eigenvalue weighted by Crippen LogP contribution is 2.40. The molecule has 1 fully saturated rings. The molecule has 0 saturated carbocycles. The summed E-state index contributed by atoms with van der Waals surface area (Å²) in [5.74, 6) is 0.776. The Morgan fingerprint density at radius 1 is 0.812 bits per heavy atom. The Labute approximate surface area is 103 Å². The van der Waals surface area contributed by atoms with Crippen LogP contribution in [0.25, 0.3) is 0 Å². The highest BCUT2D eigenvalue weighted by molar-refractivity contribution is 4.86. The van der Waals surface area contributed by atoms with Gasteiger partial charge in [-0.2, -0.15) is 0 Å². The lowest BCUT2D eigenvalue weighted by Gasteiger charge is -2.44. The van der Waals surface area contributed by atoms with E-state index in [1.54, 1.807) is 0 Å². The summed E-state index contributed by atoms with van der Waals surface area (Å²) in [7, 11) is 0. The van der Waals surface area contributed by atoms with Crippen LogP contribution in [0.1, 0.15) is 60.8 Å². The maximum atomic E-state index is 2.69. The van der Waals surface area contributed by atoms with Gasteiger partial charge in [0.15, 0.2) is 0 Å². The summed E-state index contributed by atoms with van der Waals surface area (Å²) in [6.45, 7) is 18.3. The van der Waals surface area contributed by atoms with Gasteiger partial charge >= 0.3 is 0 Å². The van der Waals surface area contributed by atoms with E-state index < -0.39 is 0 Å². The minimum atomic E-state index is 0.412. The molecular weight excluding hydrogens is 194 g/mol. The SMILES string of the molecule is CC(C)(C)C(CN1CCCCC1)C(C)(C)C. The Morgan fingerprint density at radius 2 is 1.25 bits per heavy atom. The normalized spacial score (nSPS) is 20.4. The molecule has 1 rings (SSSR count). The Hall–Kier alpha value is -0.0400. The number of hydrogen-bond acceptors (Lipinski definition) is 1. The second-order valence-corrected chi connectivity index (χ2v) is 7.65.